The van der Waals surface area contributed by atoms with Crippen molar-refractivity contribution in [1.82, 2.24) is 0 Å². The summed E-state index contributed by atoms with van der Waals surface area (Å²) < 4.78 is 50.6. The van der Waals surface area contributed by atoms with Crippen molar-refractivity contribution >= 4 is 10.1 Å². The predicted octanol–water partition coefficient (Wildman–Crippen LogP) is 2.67. The highest BCUT2D eigenvalue weighted by Gasteiger charge is 2.22. The number of benzene rings is 2. The number of methoxy groups -OCH3 is 1. The Kier molecular flexibility index (Phi) is 4.06. The minimum atomic E-state index is -4.47. The van der Waals surface area contributed by atoms with Gasteiger partial charge in [0.15, 0.2) is 0 Å². The summed E-state index contributed by atoms with van der Waals surface area (Å²) in [6, 6.07) is 11.0. The minimum Gasteiger partial charge on any atom is -0.495 e. The van der Waals surface area contributed by atoms with Crippen LogP contribution in [0.3, 0.4) is 0 Å². The van der Waals surface area contributed by atoms with Gasteiger partial charge in [0.1, 0.15) is 16.5 Å². The van der Waals surface area contributed by atoms with Crippen LogP contribution in [0.15, 0.2) is 47.4 Å². The Balaban J connectivity index is 2.57. The van der Waals surface area contributed by atoms with Gasteiger partial charge in [-0.25, -0.2) is 4.39 Å². The molecule has 0 spiro atoms. The maximum Gasteiger partial charge on any atom is 0.298 e. The second-order valence-electron chi connectivity index (χ2n) is 4.19. The molecule has 0 aliphatic rings. The molecule has 6 heteroatoms. The fourth-order valence-electron chi connectivity index (χ4n) is 1.97. The van der Waals surface area contributed by atoms with E-state index in [2.05, 4.69) is 0 Å². The molecule has 0 radical (unpaired) electrons. The van der Waals surface area contributed by atoms with E-state index in [9.17, 15) is 12.8 Å². The lowest BCUT2D eigenvalue weighted by Gasteiger charge is -2.13. The average Bonchev–Trinajstić information content (AvgIpc) is 2.40. The third-order valence-electron chi connectivity index (χ3n) is 2.87. The van der Waals surface area contributed by atoms with E-state index >= 15 is 0 Å². The van der Waals surface area contributed by atoms with Crippen LogP contribution in [0.4, 0.5) is 4.39 Å². The molecule has 2 aromatic carbocycles. The molecule has 0 heterocycles. The molecular formula is C14H13FO4S. The van der Waals surface area contributed by atoms with Crippen LogP contribution in [-0.2, 0) is 16.5 Å². The highest BCUT2D eigenvalue weighted by atomic mass is 32.2. The van der Waals surface area contributed by atoms with Crippen molar-refractivity contribution in [3.63, 3.8) is 0 Å². The van der Waals surface area contributed by atoms with Crippen LogP contribution < -0.4 is 4.74 Å². The van der Waals surface area contributed by atoms with Gasteiger partial charge in [-0.05, 0) is 17.7 Å². The van der Waals surface area contributed by atoms with Gasteiger partial charge in [-0.15, -0.1) is 0 Å². The average molecular weight is 296 g/mol. The van der Waals surface area contributed by atoms with E-state index < -0.39 is 20.8 Å². The van der Waals surface area contributed by atoms with Crippen molar-refractivity contribution in [3.8, 4) is 5.75 Å². The van der Waals surface area contributed by atoms with E-state index in [-0.39, 0.29) is 17.7 Å². The summed E-state index contributed by atoms with van der Waals surface area (Å²) in [5, 5.41) is 0. The third kappa shape index (κ3) is 2.97. The molecule has 4 nitrogen and oxygen atoms in total. The van der Waals surface area contributed by atoms with Crippen molar-refractivity contribution in [2.45, 2.75) is 11.3 Å². The summed E-state index contributed by atoms with van der Waals surface area (Å²) in [5.41, 5.74) is 0.894. The summed E-state index contributed by atoms with van der Waals surface area (Å²) in [6.07, 6.45) is 0.166. The van der Waals surface area contributed by atoms with E-state index in [4.69, 9.17) is 9.29 Å². The number of ether oxygens (including phenoxy) is 1. The first-order valence-electron chi connectivity index (χ1n) is 5.80. The van der Waals surface area contributed by atoms with Crippen LogP contribution in [0.5, 0.6) is 5.75 Å². The first-order valence-corrected chi connectivity index (χ1v) is 7.24. The van der Waals surface area contributed by atoms with Gasteiger partial charge in [0.05, 0.1) is 7.11 Å². The Morgan fingerprint density at radius 1 is 1.15 bits per heavy atom. The first kappa shape index (κ1) is 14.5. The molecule has 0 aliphatic carbocycles. The number of hydrogen-bond acceptors (Lipinski definition) is 3. The Morgan fingerprint density at radius 2 is 1.80 bits per heavy atom. The molecule has 0 aromatic heterocycles. The smallest absolute Gasteiger partial charge is 0.298 e. The summed E-state index contributed by atoms with van der Waals surface area (Å²) in [7, 11) is -3.23. The zero-order chi connectivity index (χ0) is 14.8. The molecule has 0 amide bonds. The van der Waals surface area contributed by atoms with E-state index in [0.717, 1.165) is 17.7 Å². The second kappa shape index (κ2) is 5.60. The molecule has 2 aromatic rings. The lowest BCUT2D eigenvalue weighted by molar-refractivity contribution is 0.388. The predicted molar refractivity (Wildman–Crippen MR) is 72.0 cm³/mol. The molecule has 106 valence electrons. The van der Waals surface area contributed by atoms with Crippen molar-refractivity contribution in [2.75, 3.05) is 7.11 Å². The van der Waals surface area contributed by atoms with Gasteiger partial charge in [-0.1, -0.05) is 30.3 Å². The lowest BCUT2D eigenvalue weighted by atomic mass is 10.0. The summed E-state index contributed by atoms with van der Waals surface area (Å²) in [4.78, 5) is -0.438. The molecule has 2 rings (SSSR count). The zero-order valence-electron chi connectivity index (χ0n) is 10.7. The Hall–Kier alpha value is -1.92. The molecule has 0 saturated carbocycles. The summed E-state index contributed by atoms with van der Waals surface area (Å²) in [5.74, 6) is -0.755. The lowest BCUT2D eigenvalue weighted by Crippen LogP contribution is -2.06. The van der Waals surface area contributed by atoms with E-state index in [1.807, 2.05) is 6.07 Å². The molecule has 20 heavy (non-hydrogen) atoms. The minimum absolute atomic E-state index is 0.0915. The Labute approximate surface area is 116 Å². The quantitative estimate of drug-likeness (QED) is 0.881. The van der Waals surface area contributed by atoms with E-state index in [1.54, 1.807) is 24.3 Å². The van der Waals surface area contributed by atoms with Gasteiger partial charge < -0.3 is 4.74 Å². The standard InChI is InChI=1S/C14H13FO4S/c1-19-14-11(9-10-5-3-2-4-6-10)12(15)7-8-13(14)20(16,17)18/h2-8H,9H2,1H3,(H,16,17,18). The fraction of sp³-hybridized carbons (Fsp3) is 0.143. The molecule has 0 saturated heterocycles. The molecule has 0 atom stereocenters. The summed E-state index contributed by atoms with van der Waals surface area (Å²) >= 11 is 0. The van der Waals surface area contributed by atoms with E-state index in [0.29, 0.717) is 0 Å². The number of hydrogen-bond donors (Lipinski definition) is 1. The van der Waals surface area contributed by atoms with Crippen molar-refractivity contribution < 1.29 is 22.1 Å². The highest BCUT2D eigenvalue weighted by Crippen LogP contribution is 2.31. The molecule has 0 unspecified atom stereocenters. The van der Waals surface area contributed by atoms with Gasteiger partial charge >= 0.3 is 0 Å². The van der Waals surface area contributed by atoms with Crippen LogP contribution >= 0.6 is 0 Å². The highest BCUT2D eigenvalue weighted by molar-refractivity contribution is 7.86. The van der Waals surface area contributed by atoms with Gasteiger partial charge in [0.2, 0.25) is 0 Å². The molecule has 1 N–H and O–H groups in total. The van der Waals surface area contributed by atoms with Gasteiger partial charge in [-0.3, -0.25) is 4.55 Å². The second-order valence-corrected chi connectivity index (χ2v) is 5.58. The van der Waals surface area contributed by atoms with E-state index in [1.165, 1.54) is 7.11 Å². The molecule has 0 bridgehead atoms. The Morgan fingerprint density at radius 3 is 2.35 bits per heavy atom. The van der Waals surface area contributed by atoms with Crippen LogP contribution in [0.1, 0.15) is 11.1 Å². The normalized spacial score (nSPS) is 11.3. The zero-order valence-corrected chi connectivity index (χ0v) is 11.5. The largest absolute Gasteiger partial charge is 0.495 e. The molecule has 0 fully saturated rings. The Bertz CT molecular complexity index is 711. The van der Waals surface area contributed by atoms with Crippen LogP contribution in [-0.4, -0.2) is 20.1 Å². The van der Waals surface area contributed by atoms with Crippen molar-refractivity contribution in [1.29, 1.82) is 0 Å². The van der Waals surface area contributed by atoms with Crippen molar-refractivity contribution in [3.05, 3.63) is 59.4 Å². The third-order valence-corrected chi connectivity index (χ3v) is 3.75. The van der Waals surface area contributed by atoms with Gasteiger partial charge in [-0.2, -0.15) is 8.42 Å². The molecule has 0 aliphatic heterocycles. The topological polar surface area (TPSA) is 63.6 Å². The van der Waals surface area contributed by atoms with Crippen LogP contribution in [0.2, 0.25) is 0 Å². The van der Waals surface area contributed by atoms with Gasteiger partial charge in [0.25, 0.3) is 10.1 Å². The number of rotatable bonds is 4. The van der Waals surface area contributed by atoms with Crippen molar-refractivity contribution in [2.24, 2.45) is 0 Å². The van der Waals surface area contributed by atoms with Crippen LogP contribution in [0, 0.1) is 5.82 Å². The maximum atomic E-state index is 13.9. The van der Waals surface area contributed by atoms with Gasteiger partial charge in [0, 0.05) is 12.0 Å². The maximum absolute atomic E-state index is 13.9. The summed E-state index contributed by atoms with van der Waals surface area (Å²) in [6.45, 7) is 0. The first-order chi connectivity index (χ1) is 9.43. The monoisotopic (exact) mass is 296 g/mol. The number of halogens is 1. The van der Waals surface area contributed by atoms with Crippen LogP contribution in [0.25, 0.3) is 0 Å². The SMILES string of the molecule is COc1c(S(=O)(=O)O)ccc(F)c1Cc1ccccc1. The molecular weight excluding hydrogens is 283 g/mol. The fourth-order valence-corrected chi connectivity index (χ4v) is 2.65.